The molecule has 0 saturated heterocycles. The number of nitrogens with zero attached hydrogens (tertiary/aromatic N) is 1. The van der Waals surface area contributed by atoms with Gasteiger partial charge in [0.2, 0.25) is 0 Å². The fourth-order valence-corrected chi connectivity index (χ4v) is 5.04. The highest BCUT2D eigenvalue weighted by molar-refractivity contribution is 8.01. The predicted molar refractivity (Wildman–Crippen MR) is 81.4 cm³/mol. The van der Waals surface area contributed by atoms with E-state index in [0.29, 0.717) is 16.7 Å². The fraction of sp³-hybridized carbons (Fsp3) is 0.786. The summed E-state index contributed by atoms with van der Waals surface area (Å²) in [6.07, 6.45) is 5.86. The van der Waals surface area contributed by atoms with Crippen LogP contribution in [0.1, 0.15) is 40.0 Å². The van der Waals surface area contributed by atoms with Crippen molar-refractivity contribution in [1.29, 1.82) is 0 Å². The van der Waals surface area contributed by atoms with Gasteiger partial charge in [0.25, 0.3) is 0 Å². The maximum atomic E-state index is 4.42. The van der Waals surface area contributed by atoms with E-state index in [0.717, 1.165) is 5.92 Å². The van der Waals surface area contributed by atoms with E-state index in [-0.39, 0.29) is 0 Å². The van der Waals surface area contributed by atoms with Gasteiger partial charge in [-0.25, -0.2) is 4.98 Å². The maximum absolute atomic E-state index is 4.42. The molecule has 1 saturated carbocycles. The van der Waals surface area contributed by atoms with E-state index in [4.69, 9.17) is 0 Å². The molecule has 3 unspecified atom stereocenters. The molecule has 0 radical (unpaired) electrons. The van der Waals surface area contributed by atoms with Crippen molar-refractivity contribution in [3.05, 3.63) is 11.6 Å². The Morgan fingerprint density at radius 2 is 2.17 bits per heavy atom. The van der Waals surface area contributed by atoms with E-state index in [9.17, 15) is 0 Å². The monoisotopic (exact) mass is 284 g/mol. The topological polar surface area (TPSA) is 24.9 Å². The molecule has 0 aromatic carbocycles. The summed E-state index contributed by atoms with van der Waals surface area (Å²) in [7, 11) is 2.09. The number of thiazole rings is 1. The molecular formula is C14H24N2S2. The third-order valence-electron chi connectivity index (χ3n) is 4.05. The standard InChI is InChI=1S/C14H24N2S2/c1-14(2,3)10-5-6-11(15-4)12(9-10)18-13-16-7-8-17-13/h7-8,10-12,15H,5-6,9H2,1-4H3. The lowest BCUT2D eigenvalue weighted by molar-refractivity contribution is 0.167. The first-order chi connectivity index (χ1) is 8.50. The van der Waals surface area contributed by atoms with Gasteiger partial charge < -0.3 is 5.32 Å². The summed E-state index contributed by atoms with van der Waals surface area (Å²) in [5.41, 5.74) is 0.431. The van der Waals surface area contributed by atoms with E-state index in [2.05, 4.69) is 43.5 Å². The number of rotatable bonds is 3. The summed E-state index contributed by atoms with van der Waals surface area (Å²) in [4.78, 5) is 4.42. The van der Waals surface area contributed by atoms with E-state index in [1.807, 2.05) is 18.0 Å². The van der Waals surface area contributed by atoms with Gasteiger partial charge in [-0.3, -0.25) is 0 Å². The summed E-state index contributed by atoms with van der Waals surface area (Å²) < 4.78 is 1.22. The zero-order valence-electron chi connectivity index (χ0n) is 11.8. The Morgan fingerprint density at radius 3 is 2.72 bits per heavy atom. The molecule has 0 spiro atoms. The minimum Gasteiger partial charge on any atom is -0.316 e. The molecular weight excluding hydrogens is 260 g/mol. The van der Waals surface area contributed by atoms with Gasteiger partial charge in [-0.1, -0.05) is 32.5 Å². The van der Waals surface area contributed by atoms with Crippen molar-refractivity contribution in [3.63, 3.8) is 0 Å². The highest BCUT2D eigenvalue weighted by Crippen LogP contribution is 2.43. The van der Waals surface area contributed by atoms with E-state index in [1.165, 1.54) is 23.6 Å². The molecule has 4 heteroatoms. The van der Waals surface area contributed by atoms with Crippen LogP contribution in [0.15, 0.2) is 15.9 Å². The Bertz CT molecular complexity index is 356. The molecule has 1 heterocycles. The third-order valence-corrected chi connectivity index (χ3v) is 6.32. The smallest absolute Gasteiger partial charge is 0.150 e. The van der Waals surface area contributed by atoms with Crippen LogP contribution in [0.3, 0.4) is 0 Å². The van der Waals surface area contributed by atoms with Crippen molar-refractivity contribution in [2.45, 2.75) is 55.7 Å². The first kappa shape index (κ1) is 14.4. The van der Waals surface area contributed by atoms with E-state index >= 15 is 0 Å². The van der Waals surface area contributed by atoms with Gasteiger partial charge in [-0.05, 0) is 37.6 Å². The molecule has 0 aliphatic heterocycles. The largest absolute Gasteiger partial charge is 0.316 e. The van der Waals surface area contributed by atoms with Gasteiger partial charge in [-0.2, -0.15) is 0 Å². The Kier molecular flexibility index (Phi) is 4.73. The van der Waals surface area contributed by atoms with Crippen LogP contribution in [0.5, 0.6) is 0 Å². The van der Waals surface area contributed by atoms with E-state index < -0.39 is 0 Å². The molecule has 1 aliphatic rings. The van der Waals surface area contributed by atoms with Crippen molar-refractivity contribution in [3.8, 4) is 0 Å². The normalized spacial score (nSPS) is 29.4. The van der Waals surface area contributed by atoms with Crippen molar-refractivity contribution < 1.29 is 0 Å². The third kappa shape index (κ3) is 3.49. The van der Waals surface area contributed by atoms with Crippen LogP contribution in [-0.4, -0.2) is 23.3 Å². The molecule has 1 N–H and O–H groups in total. The molecule has 1 aromatic heterocycles. The average molecular weight is 284 g/mol. The van der Waals surface area contributed by atoms with Crippen LogP contribution in [0.25, 0.3) is 0 Å². The fourth-order valence-electron chi connectivity index (χ4n) is 2.77. The van der Waals surface area contributed by atoms with Gasteiger partial charge in [0, 0.05) is 22.9 Å². The molecule has 3 atom stereocenters. The first-order valence-electron chi connectivity index (χ1n) is 6.74. The van der Waals surface area contributed by atoms with Gasteiger partial charge in [-0.15, -0.1) is 11.3 Å². The lowest BCUT2D eigenvalue weighted by Gasteiger charge is -2.41. The van der Waals surface area contributed by atoms with Crippen LogP contribution in [-0.2, 0) is 0 Å². The molecule has 18 heavy (non-hydrogen) atoms. The summed E-state index contributed by atoms with van der Waals surface area (Å²) in [5, 5.41) is 6.23. The molecule has 1 aromatic rings. The number of hydrogen-bond acceptors (Lipinski definition) is 4. The second-order valence-corrected chi connectivity index (χ2v) is 8.61. The van der Waals surface area contributed by atoms with Crippen LogP contribution >= 0.6 is 23.1 Å². The molecule has 1 fully saturated rings. The second kappa shape index (κ2) is 5.93. The Labute approximate surface area is 119 Å². The van der Waals surface area contributed by atoms with Crippen molar-refractivity contribution in [2.75, 3.05) is 7.05 Å². The number of aromatic nitrogens is 1. The van der Waals surface area contributed by atoms with Gasteiger partial charge in [0.05, 0.1) is 0 Å². The quantitative estimate of drug-likeness (QED) is 0.907. The molecule has 0 amide bonds. The van der Waals surface area contributed by atoms with Crippen molar-refractivity contribution in [2.24, 2.45) is 11.3 Å². The molecule has 2 rings (SSSR count). The Hall–Kier alpha value is -0.0600. The minimum absolute atomic E-state index is 0.431. The zero-order valence-corrected chi connectivity index (χ0v) is 13.4. The lowest BCUT2D eigenvalue weighted by Crippen LogP contribution is -2.43. The Morgan fingerprint density at radius 1 is 1.39 bits per heavy atom. The minimum atomic E-state index is 0.431. The van der Waals surface area contributed by atoms with Crippen LogP contribution in [0, 0.1) is 11.3 Å². The number of hydrogen-bond donors (Lipinski definition) is 1. The number of nitrogens with one attached hydrogen (secondary N) is 1. The molecule has 1 aliphatic carbocycles. The summed E-state index contributed by atoms with van der Waals surface area (Å²) >= 11 is 3.73. The lowest BCUT2D eigenvalue weighted by atomic mass is 9.71. The van der Waals surface area contributed by atoms with E-state index in [1.54, 1.807) is 11.3 Å². The first-order valence-corrected chi connectivity index (χ1v) is 8.50. The van der Waals surface area contributed by atoms with Gasteiger partial charge in [0.15, 0.2) is 0 Å². The molecule has 0 bridgehead atoms. The van der Waals surface area contributed by atoms with Crippen molar-refractivity contribution in [1.82, 2.24) is 10.3 Å². The van der Waals surface area contributed by atoms with Crippen LogP contribution in [0.2, 0.25) is 0 Å². The Balaban J connectivity index is 2.04. The highest BCUT2D eigenvalue weighted by Gasteiger charge is 2.36. The summed E-state index contributed by atoms with van der Waals surface area (Å²) in [6, 6.07) is 0.637. The zero-order chi connectivity index (χ0) is 13.2. The molecule has 102 valence electrons. The van der Waals surface area contributed by atoms with Gasteiger partial charge >= 0.3 is 0 Å². The van der Waals surface area contributed by atoms with Crippen molar-refractivity contribution >= 4 is 23.1 Å². The van der Waals surface area contributed by atoms with Crippen LogP contribution in [0.4, 0.5) is 0 Å². The SMILES string of the molecule is CNC1CCC(C(C)(C)C)CC1Sc1nccs1. The average Bonchev–Trinajstić information content (AvgIpc) is 2.80. The molecule has 2 nitrogen and oxygen atoms in total. The maximum Gasteiger partial charge on any atom is 0.150 e. The second-order valence-electron chi connectivity index (χ2n) is 6.23. The van der Waals surface area contributed by atoms with Gasteiger partial charge in [0.1, 0.15) is 4.34 Å². The summed E-state index contributed by atoms with van der Waals surface area (Å²) in [5.74, 6) is 0.833. The number of thioether (sulfide) groups is 1. The van der Waals surface area contributed by atoms with Crippen LogP contribution < -0.4 is 5.32 Å². The predicted octanol–water partition coefficient (Wildman–Crippen LogP) is 4.04. The summed E-state index contributed by atoms with van der Waals surface area (Å²) in [6.45, 7) is 7.13. The highest BCUT2D eigenvalue weighted by atomic mass is 32.2.